The van der Waals surface area contributed by atoms with Crippen molar-refractivity contribution in [2.75, 3.05) is 20.3 Å². The number of benzene rings is 2. The van der Waals surface area contributed by atoms with Gasteiger partial charge in [-0.15, -0.1) is 10.2 Å². The van der Waals surface area contributed by atoms with E-state index in [4.69, 9.17) is 4.74 Å². The molecule has 142 valence electrons. The lowest BCUT2D eigenvalue weighted by Crippen LogP contribution is -2.26. The topological polar surface area (TPSA) is 81.9 Å². The normalized spacial score (nSPS) is 11.2. The zero-order valence-electron chi connectivity index (χ0n) is 15.8. The number of imidazole rings is 1. The maximum Gasteiger partial charge on any atom is 0.251 e. The first-order valence-electron chi connectivity index (χ1n) is 9.11. The van der Waals surface area contributed by atoms with Crippen molar-refractivity contribution in [1.29, 1.82) is 0 Å². The molecule has 2 heterocycles. The van der Waals surface area contributed by atoms with Crippen LogP contribution in [0.2, 0.25) is 0 Å². The zero-order chi connectivity index (χ0) is 19.5. The second kappa shape index (κ2) is 7.74. The first kappa shape index (κ1) is 18.1. The van der Waals surface area contributed by atoms with Crippen molar-refractivity contribution < 1.29 is 9.53 Å². The Kier molecular flexibility index (Phi) is 4.99. The summed E-state index contributed by atoms with van der Waals surface area (Å²) in [6, 6.07) is 15.6. The molecule has 2 aromatic carbocycles. The van der Waals surface area contributed by atoms with Gasteiger partial charge in [-0.05, 0) is 30.7 Å². The standard InChI is InChI=1S/C21H21N5O2/c1-14-23-20-19(26(14)13-15-6-4-3-5-7-15)17-12-16(8-9-18(17)24-25-20)21(27)22-10-11-28-2/h3-9,12H,10-11,13H2,1-2H3,(H,22,27). The van der Waals surface area contributed by atoms with Crippen LogP contribution in [0.5, 0.6) is 0 Å². The van der Waals surface area contributed by atoms with E-state index < -0.39 is 0 Å². The number of methoxy groups -OCH3 is 1. The largest absolute Gasteiger partial charge is 0.383 e. The lowest BCUT2D eigenvalue weighted by Gasteiger charge is -2.09. The van der Waals surface area contributed by atoms with Gasteiger partial charge in [-0.2, -0.15) is 0 Å². The summed E-state index contributed by atoms with van der Waals surface area (Å²) in [5, 5.41) is 12.2. The minimum atomic E-state index is -0.144. The number of hydrogen-bond donors (Lipinski definition) is 1. The molecule has 0 spiro atoms. The molecule has 1 N–H and O–H groups in total. The lowest BCUT2D eigenvalue weighted by molar-refractivity contribution is 0.0937. The maximum atomic E-state index is 12.5. The van der Waals surface area contributed by atoms with E-state index in [1.54, 1.807) is 13.2 Å². The molecule has 7 nitrogen and oxygen atoms in total. The van der Waals surface area contributed by atoms with Gasteiger partial charge in [0, 0.05) is 31.1 Å². The predicted molar refractivity (Wildman–Crippen MR) is 107 cm³/mol. The fourth-order valence-electron chi connectivity index (χ4n) is 3.27. The highest BCUT2D eigenvalue weighted by Crippen LogP contribution is 2.25. The van der Waals surface area contributed by atoms with Crippen LogP contribution in [0.3, 0.4) is 0 Å². The number of carbonyl (C=O) groups is 1. The third-order valence-corrected chi connectivity index (χ3v) is 4.68. The van der Waals surface area contributed by atoms with Gasteiger partial charge >= 0.3 is 0 Å². The van der Waals surface area contributed by atoms with Crippen LogP contribution in [-0.2, 0) is 11.3 Å². The summed E-state index contributed by atoms with van der Waals surface area (Å²) < 4.78 is 7.11. The lowest BCUT2D eigenvalue weighted by atomic mass is 10.1. The van der Waals surface area contributed by atoms with E-state index in [2.05, 4.69) is 37.2 Å². The SMILES string of the molecule is COCCNC(=O)c1ccc2nnc3nc(C)n(Cc4ccccc4)c3c2c1. The number of amides is 1. The first-order chi connectivity index (χ1) is 13.7. The average molecular weight is 375 g/mol. The van der Waals surface area contributed by atoms with Crippen molar-refractivity contribution in [3.63, 3.8) is 0 Å². The molecule has 0 aliphatic rings. The molecule has 0 unspecified atom stereocenters. The summed E-state index contributed by atoms with van der Waals surface area (Å²) in [7, 11) is 1.60. The number of nitrogens with one attached hydrogen (secondary N) is 1. The van der Waals surface area contributed by atoms with Crippen LogP contribution in [0.1, 0.15) is 21.7 Å². The minimum absolute atomic E-state index is 0.144. The Hall–Kier alpha value is -3.32. The smallest absolute Gasteiger partial charge is 0.251 e. The molecule has 0 atom stereocenters. The maximum absolute atomic E-state index is 12.5. The van der Waals surface area contributed by atoms with Crippen molar-refractivity contribution in [2.45, 2.75) is 13.5 Å². The highest BCUT2D eigenvalue weighted by Gasteiger charge is 2.15. The number of carbonyl (C=O) groups excluding carboxylic acids is 1. The Morgan fingerprint density at radius 2 is 1.96 bits per heavy atom. The Bertz CT molecular complexity index is 1140. The Morgan fingerprint density at radius 3 is 2.75 bits per heavy atom. The van der Waals surface area contributed by atoms with Crippen LogP contribution in [0.15, 0.2) is 48.5 Å². The van der Waals surface area contributed by atoms with E-state index in [0.29, 0.717) is 30.9 Å². The molecular formula is C21H21N5O2. The van der Waals surface area contributed by atoms with E-state index in [1.165, 1.54) is 5.56 Å². The third kappa shape index (κ3) is 3.44. The number of nitrogens with zero attached hydrogens (tertiary/aromatic N) is 4. The van der Waals surface area contributed by atoms with Gasteiger partial charge in [0.1, 0.15) is 5.82 Å². The van der Waals surface area contributed by atoms with E-state index in [-0.39, 0.29) is 5.91 Å². The summed E-state index contributed by atoms with van der Waals surface area (Å²) in [6.45, 7) is 3.56. The summed E-state index contributed by atoms with van der Waals surface area (Å²) in [4.78, 5) is 17.0. The van der Waals surface area contributed by atoms with Gasteiger partial charge in [0.05, 0.1) is 17.6 Å². The van der Waals surface area contributed by atoms with Crippen molar-refractivity contribution in [2.24, 2.45) is 0 Å². The first-order valence-corrected chi connectivity index (χ1v) is 9.11. The van der Waals surface area contributed by atoms with E-state index in [9.17, 15) is 4.79 Å². The van der Waals surface area contributed by atoms with Gasteiger partial charge in [-0.25, -0.2) is 4.98 Å². The number of rotatable bonds is 6. The van der Waals surface area contributed by atoms with E-state index in [0.717, 1.165) is 22.2 Å². The highest BCUT2D eigenvalue weighted by molar-refractivity contribution is 6.05. The van der Waals surface area contributed by atoms with E-state index in [1.807, 2.05) is 37.3 Å². The van der Waals surface area contributed by atoms with Gasteiger partial charge in [0.2, 0.25) is 5.65 Å². The third-order valence-electron chi connectivity index (χ3n) is 4.68. The number of aryl methyl sites for hydroxylation is 1. The summed E-state index contributed by atoms with van der Waals surface area (Å²) in [6.07, 6.45) is 0. The molecule has 1 amide bonds. The van der Waals surface area contributed by atoms with Gasteiger partial charge in [0.25, 0.3) is 5.91 Å². The molecule has 7 heteroatoms. The number of hydrogen-bond acceptors (Lipinski definition) is 5. The molecular weight excluding hydrogens is 354 g/mol. The quantitative estimate of drug-likeness (QED) is 0.524. The fraction of sp³-hybridized carbons (Fsp3) is 0.238. The Morgan fingerprint density at radius 1 is 1.14 bits per heavy atom. The molecule has 28 heavy (non-hydrogen) atoms. The number of ether oxygens (including phenoxy) is 1. The van der Waals surface area contributed by atoms with Crippen molar-refractivity contribution >= 4 is 28.0 Å². The minimum Gasteiger partial charge on any atom is -0.383 e. The number of fused-ring (bicyclic) bond motifs is 3. The Balaban J connectivity index is 1.80. The van der Waals surface area contributed by atoms with Crippen molar-refractivity contribution in [3.8, 4) is 0 Å². The van der Waals surface area contributed by atoms with Crippen LogP contribution in [0.4, 0.5) is 0 Å². The van der Waals surface area contributed by atoms with Crippen LogP contribution in [-0.4, -0.2) is 45.9 Å². The molecule has 0 aliphatic heterocycles. The number of aromatic nitrogens is 4. The van der Waals surface area contributed by atoms with Gasteiger partial charge in [-0.1, -0.05) is 30.3 Å². The van der Waals surface area contributed by atoms with Crippen molar-refractivity contribution in [3.05, 3.63) is 65.5 Å². The molecule has 0 saturated heterocycles. The summed E-state index contributed by atoms with van der Waals surface area (Å²) >= 11 is 0. The zero-order valence-corrected chi connectivity index (χ0v) is 15.8. The summed E-state index contributed by atoms with van der Waals surface area (Å²) in [5.74, 6) is 0.713. The van der Waals surface area contributed by atoms with Crippen LogP contribution < -0.4 is 5.32 Å². The fourth-order valence-corrected chi connectivity index (χ4v) is 3.27. The average Bonchev–Trinajstić information content (AvgIpc) is 3.04. The van der Waals surface area contributed by atoms with Crippen LogP contribution >= 0.6 is 0 Å². The second-order valence-corrected chi connectivity index (χ2v) is 6.58. The van der Waals surface area contributed by atoms with Gasteiger partial charge < -0.3 is 14.6 Å². The second-order valence-electron chi connectivity index (χ2n) is 6.58. The van der Waals surface area contributed by atoms with Crippen LogP contribution in [0.25, 0.3) is 22.1 Å². The molecule has 4 aromatic rings. The predicted octanol–water partition coefficient (Wildman–Crippen LogP) is 2.71. The van der Waals surface area contributed by atoms with Gasteiger partial charge in [-0.3, -0.25) is 4.79 Å². The molecule has 4 rings (SSSR count). The molecule has 0 aliphatic carbocycles. The monoisotopic (exact) mass is 375 g/mol. The molecule has 2 aromatic heterocycles. The summed E-state index contributed by atoms with van der Waals surface area (Å²) in [5.41, 5.74) is 3.94. The molecule has 0 saturated carbocycles. The van der Waals surface area contributed by atoms with Gasteiger partial charge in [0.15, 0.2) is 0 Å². The van der Waals surface area contributed by atoms with Crippen LogP contribution in [0, 0.1) is 6.92 Å². The molecule has 0 fully saturated rings. The molecule has 0 radical (unpaired) electrons. The van der Waals surface area contributed by atoms with E-state index >= 15 is 0 Å². The molecule has 0 bridgehead atoms. The highest BCUT2D eigenvalue weighted by atomic mass is 16.5. The Labute approximate surface area is 162 Å². The van der Waals surface area contributed by atoms with Crippen molar-refractivity contribution in [1.82, 2.24) is 25.1 Å².